The van der Waals surface area contributed by atoms with Crippen LogP contribution in [0, 0.1) is 5.92 Å². The monoisotopic (exact) mass is 367 g/mol. The first-order chi connectivity index (χ1) is 11.4. The summed E-state index contributed by atoms with van der Waals surface area (Å²) < 4.78 is 27.7. The molecule has 1 saturated heterocycles. The van der Waals surface area contributed by atoms with E-state index in [-0.39, 0.29) is 11.8 Å². The molecule has 1 aromatic heterocycles. The molecule has 1 aromatic carbocycles. The minimum absolute atomic E-state index is 0.142. The van der Waals surface area contributed by atoms with Gasteiger partial charge in [0.15, 0.2) is 4.80 Å². The largest absolute Gasteiger partial charge is 0.317 e. The van der Waals surface area contributed by atoms with Crippen LogP contribution in [0.4, 0.5) is 0 Å². The predicted molar refractivity (Wildman–Crippen MR) is 95.2 cm³/mol. The molecule has 0 unspecified atom stereocenters. The maximum Gasteiger partial charge on any atom is 0.251 e. The molecule has 0 atom stereocenters. The maximum absolute atomic E-state index is 12.5. The Hall–Kier alpha value is -1.51. The lowest BCUT2D eigenvalue weighted by Gasteiger charge is -2.28. The van der Waals surface area contributed by atoms with Gasteiger partial charge in [0, 0.05) is 25.6 Å². The summed E-state index contributed by atoms with van der Waals surface area (Å²) in [7, 11) is -3.17. The second kappa shape index (κ2) is 6.78. The first-order valence-corrected chi connectivity index (χ1v) is 10.7. The van der Waals surface area contributed by atoms with Gasteiger partial charge in [-0.15, -0.1) is 0 Å². The number of carbonyl (C=O) groups excluding carboxylic acids is 1. The molecule has 3 rings (SSSR count). The van der Waals surface area contributed by atoms with Crippen molar-refractivity contribution >= 4 is 37.5 Å². The molecular weight excluding hydrogens is 346 g/mol. The standard InChI is InChI=1S/C16H21N3O3S2/c1-3-19-13-6-4-5-7-14(13)23-16(19)17-15(20)12-8-10-18(11-9-12)24(2,21)22/h4-7,12H,3,8-11H2,1-2H3. The van der Waals surface area contributed by atoms with Gasteiger partial charge in [-0.3, -0.25) is 4.79 Å². The molecule has 130 valence electrons. The number of aryl methyl sites for hydroxylation is 1. The summed E-state index contributed by atoms with van der Waals surface area (Å²) in [4.78, 5) is 17.6. The summed E-state index contributed by atoms with van der Waals surface area (Å²) in [5, 5.41) is 0. The van der Waals surface area contributed by atoms with Crippen LogP contribution in [0.2, 0.25) is 0 Å². The number of aromatic nitrogens is 1. The van der Waals surface area contributed by atoms with Crippen molar-refractivity contribution in [1.82, 2.24) is 8.87 Å². The molecule has 0 bridgehead atoms. The van der Waals surface area contributed by atoms with Gasteiger partial charge in [0.2, 0.25) is 10.0 Å². The van der Waals surface area contributed by atoms with E-state index < -0.39 is 10.0 Å². The number of hydrogen-bond acceptors (Lipinski definition) is 4. The van der Waals surface area contributed by atoms with Crippen LogP contribution >= 0.6 is 11.3 Å². The number of amides is 1. The molecule has 8 heteroatoms. The van der Waals surface area contributed by atoms with Crippen molar-refractivity contribution in [2.45, 2.75) is 26.3 Å². The highest BCUT2D eigenvalue weighted by Gasteiger charge is 2.28. The maximum atomic E-state index is 12.5. The van der Waals surface area contributed by atoms with Gasteiger partial charge in [0.05, 0.1) is 16.5 Å². The summed E-state index contributed by atoms with van der Waals surface area (Å²) >= 11 is 1.51. The van der Waals surface area contributed by atoms with Crippen molar-refractivity contribution in [2.24, 2.45) is 10.9 Å². The normalized spacial score (nSPS) is 18.3. The van der Waals surface area contributed by atoms with Crippen LogP contribution in [0.25, 0.3) is 10.2 Å². The van der Waals surface area contributed by atoms with Gasteiger partial charge in [0.1, 0.15) is 0 Å². The van der Waals surface area contributed by atoms with E-state index in [0.717, 1.165) is 16.8 Å². The Kier molecular flexibility index (Phi) is 4.89. The van der Waals surface area contributed by atoms with Gasteiger partial charge in [-0.25, -0.2) is 12.7 Å². The molecule has 6 nitrogen and oxygen atoms in total. The van der Waals surface area contributed by atoms with Crippen molar-refractivity contribution in [1.29, 1.82) is 0 Å². The third-order valence-corrected chi connectivity index (χ3v) is 6.75. The summed E-state index contributed by atoms with van der Waals surface area (Å²) in [5.41, 5.74) is 1.09. The van der Waals surface area contributed by atoms with E-state index in [9.17, 15) is 13.2 Å². The number of piperidine rings is 1. The first-order valence-electron chi connectivity index (χ1n) is 8.02. The highest BCUT2D eigenvalue weighted by molar-refractivity contribution is 7.88. The lowest BCUT2D eigenvalue weighted by Crippen LogP contribution is -2.39. The fourth-order valence-electron chi connectivity index (χ4n) is 3.03. The van der Waals surface area contributed by atoms with E-state index in [4.69, 9.17) is 0 Å². The Morgan fingerprint density at radius 3 is 2.58 bits per heavy atom. The number of rotatable bonds is 3. The van der Waals surface area contributed by atoms with Gasteiger partial charge in [-0.2, -0.15) is 4.99 Å². The van der Waals surface area contributed by atoms with Crippen LogP contribution < -0.4 is 4.80 Å². The van der Waals surface area contributed by atoms with Crippen LogP contribution in [-0.2, 0) is 21.4 Å². The van der Waals surface area contributed by atoms with Gasteiger partial charge in [-0.05, 0) is 31.9 Å². The van der Waals surface area contributed by atoms with Crippen LogP contribution in [0.1, 0.15) is 19.8 Å². The first kappa shape index (κ1) is 17.3. The van der Waals surface area contributed by atoms with Crippen molar-refractivity contribution in [3.8, 4) is 0 Å². The number of thiazole rings is 1. The molecule has 1 aliphatic heterocycles. The summed E-state index contributed by atoms with van der Waals surface area (Å²) in [6.07, 6.45) is 2.28. The van der Waals surface area contributed by atoms with Gasteiger partial charge < -0.3 is 4.57 Å². The molecule has 0 spiro atoms. The van der Waals surface area contributed by atoms with Crippen molar-refractivity contribution < 1.29 is 13.2 Å². The zero-order valence-corrected chi connectivity index (χ0v) is 15.4. The Labute approximate surface area is 145 Å². The van der Waals surface area contributed by atoms with Crippen LogP contribution in [0.3, 0.4) is 0 Å². The van der Waals surface area contributed by atoms with Crippen molar-refractivity contribution in [3.05, 3.63) is 29.1 Å². The fraction of sp³-hybridized carbons (Fsp3) is 0.500. The molecule has 0 radical (unpaired) electrons. The molecule has 0 aliphatic carbocycles. The van der Waals surface area contributed by atoms with Crippen molar-refractivity contribution in [2.75, 3.05) is 19.3 Å². The quantitative estimate of drug-likeness (QED) is 0.831. The third kappa shape index (κ3) is 3.45. The second-order valence-electron chi connectivity index (χ2n) is 5.98. The van der Waals surface area contributed by atoms with Gasteiger partial charge in [0.25, 0.3) is 5.91 Å². The highest BCUT2D eigenvalue weighted by Crippen LogP contribution is 2.21. The van der Waals surface area contributed by atoms with Crippen LogP contribution in [-0.4, -0.2) is 42.5 Å². The average molecular weight is 367 g/mol. The predicted octanol–water partition coefficient (Wildman–Crippen LogP) is 1.82. The Morgan fingerprint density at radius 1 is 1.29 bits per heavy atom. The molecule has 2 aromatic rings. The highest BCUT2D eigenvalue weighted by atomic mass is 32.2. The van der Waals surface area contributed by atoms with Gasteiger partial charge in [-0.1, -0.05) is 23.5 Å². The Morgan fingerprint density at radius 2 is 1.96 bits per heavy atom. The zero-order chi connectivity index (χ0) is 17.3. The smallest absolute Gasteiger partial charge is 0.251 e. The molecule has 1 fully saturated rings. The van der Waals surface area contributed by atoms with E-state index in [1.165, 1.54) is 21.9 Å². The van der Waals surface area contributed by atoms with E-state index in [0.29, 0.717) is 30.7 Å². The number of carbonyl (C=O) groups is 1. The zero-order valence-electron chi connectivity index (χ0n) is 13.8. The van der Waals surface area contributed by atoms with Gasteiger partial charge >= 0.3 is 0 Å². The summed E-state index contributed by atoms with van der Waals surface area (Å²) in [5.74, 6) is -0.338. The average Bonchev–Trinajstić information content (AvgIpc) is 2.91. The number of para-hydroxylation sites is 1. The summed E-state index contributed by atoms with van der Waals surface area (Å²) in [6, 6.07) is 8.02. The number of nitrogens with zero attached hydrogens (tertiary/aromatic N) is 3. The molecule has 0 saturated carbocycles. The number of hydrogen-bond donors (Lipinski definition) is 0. The third-order valence-electron chi connectivity index (χ3n) is 4.38. The minimum atomic E-state index is -3.17. The number of benzene rings is 1. The van der Waals surface area contributed by atoms with E-state index in [2.05, 4.69) is 4.99 Å². The number of sulfonamides is 1. The fourth-order valence-corrected chi connectivity index (χ4v) is 5.01. The van der Waals surface area contributed by atoms with E-state index >= 15 is 0 Å². The summed E-state index contributed by atoms with van der Waals surface area (Å²) in [6.45, 7) is 3.58. The minimum Gasteiger partial charge on any atom is -0.317 e. The molecule has 1 aliphatic rings. The van der Waals surface area contributed by atoms with Crippen LogP contribution in [0.15, 0.2) is 29.3 Å². The molecule has 2 heterocycles. The molecular formula is C16H21N3O3S2. The topological polar surface area (TPSA) is 71.7 Å². The van der Waals surface area contributed by atoms with E-state index in [1.54, 1.807) is 0 Å². The lowest BCUT2D eigenvalue weighted by molar-refractivity contribution is -0.122. The molecule has 0 N–H and O–H groups in total. The molecule has 24 heavy (non-hydrogen) atoms. The molecule has 1 amide bonds. The second-order valence-corrected chi connectivity index (χ2v) is 8.97. The SMILES string of the molecule is CCn1c(=NC(=O)C2CCN(S(C)(=O)=O)CC2)sc2ccccc21. The van der Waals surface area contributed by atoms with Crippen molar-refractivity contribution in [3.63, 3.8) is 0 Å². The lowest BCUT2D eigenvalue weighted by atomic mass is 9.98. The Bertz CT molecular complexity index is 919. The van der Waals surface area contributed by atoms with Crippen LogP contribution in [0.5, 0.6) is 0 Å². The Balaban J connectivity index is 1.83. The number of fused-ring (bicyclic) bond motifs is 1. The van der Waals surface area contributed by atoms with E-state index in [1.807, 2.05) is 35.8 Å².